The van der Waals surface area contributed by atoms with Gasteiger partial charge in [0.1, 0.15) is 6.10 Å². The SMILES string of the molecule is CCC12CCC(CC1OC(=O)COC=O)C2. The first-order chi connectivity index (χ1) is 7.70. The van der Waals surface area contributed by atoms with Gasteiger partial charge in [0.2, 0.25) is 0 Å². The van der Waals surface area contributed by atoms with Crippen molar-refractivity contribution in [2.24, 2.45) is 11.3 Å². The topological polar surface area (TPSA) is 52.6 Å². The molecule has 2 bridgehead atoms. The molecule has 90 valence electrons. The van der Waals surface area contributed by atoms with Crippen molar-refractivity contribution in [3.63, 3.8) is 0 Å². The van der Waals surface area contributed by atoms with E-state index in [1.807, 2.05) is 0 Å². The second kappa shape index (κ2) is 4.44. The Bertz CT molecular complexity index is 289. The molecule has 2 aliphatic carbocycles. The number of esters is 1. The highest BCUT2D eigenvalue weighted by Gasteiger charge is 2.52. The molecule has 3 unspecified atom stereocenters. The Morgan fingerprint density at radius 1 is 1.56 bits per heavy atom. The van der Waals surface area contributed by atoms with Gasteiger partial charge < -0.3 is 9.47 Å². The van der Waals surface area contributed by atoms with Crippen molar-refractivity contribution < 1.29 is 19.1 Å². The van der Waals surface area contributed by atoms with Crippen molar-refractivity contribution in [2.75, 3.05) is 6.61 Å². The minimum Gasteiger partial charge on any atom is -0.459 e. The molecule has 0 amide bonds. The van der Waals surface area contributed by atoms with Gasteiger partial charge in [-0.05, 0) is 38.0 Å². The van der Waals surface area contributed by atoms with Gasteiger partial charge in [-0.2, -0.15) is 0 Å². The third-order valence-electron chi connectivity index (χ3n) is 4.22. The van der Waals surface area contributed by atoms with Crippen LogP contribution in [-0.2, 0) is 19.1 Å². The van der Waals surface area contributed by atoms with E-state index in [2.05, 4.69) is 11.7 Å². The molecule has 0 aromatic carbocycles. The predicted octanol–water partition coefficient (Wildman–Crippen LogP) is 1.67. The van der Waals surface area contributed by atoms with Gasteiger partial charge in [-0.25, -0.2) is 4.79 Å². The van der Waals surface area contributed by atoms with Gasteiger partial charge in [-0.3, -0.25) is 4.79 Å². The van der Waals surface area contributed by atoms with Crippen molar-refractivity contribution in [3.8, 4) is 0 Å². The van der Waals surface area contributed by atoms with Crippen molar-refractivity contribution in [2.45, 2.75) is 45.1 Å². The molecule has 2 aliphatic rings. The Labute approximate surface area is 95.3 Å². The van der Waals surface area contributed by atoms with Crippen molar-refractivity contribution in [3.05, 3.63) is 0 Å². The Morgan fingerprint density at radius 2 is 2.38 bits per heavy atom. The third-order valence-corrected chi connectivity index (χ3v) is 4.22. The van der Waals surface area contributed by atoms with Gasteiger partial charge in [0, 0.05) is 5.41 Å². The van der Waals surface area contributed by atoms with Crippen LogP contribution >= 0.6 is 0 Å². The maximum absolute atomic E-state index is 11.4. The van der Waals surface area contributed by atoms with Crippen LogP contribution in [0.3, 0.4) is 0 Å². The summed E-state index contributed by atoms with van der Waals surface area (Å²) in [6.45, 7) is 2.18. The molecule has 0 radical (unpaired) electrons. The zero-order chi connectivity index (χ0) is 11.6. The largest absolute Gasteiger partial charge is 0.459 e. The van der Waals surface area contributed by atoms with E-state index in [-0.39, 0.29) is 24.6 Å². The number of carbonyl (C=O) groups excluding carboxylic acids is 2. The molecule has 2 rings (SSSR count). The lowest BCUT2D eigenvalue weighted by atomic mass is 9.79. The van der Waals surface area contributed by atoms with Gasteiger partial charge in [0.05, 0.1) is 0 Å². The summed E-state index contributed by atoms with van der Waals surface area (Å²) < 4.78 is 9.82. The van der Waals surface area contributed by atoms with Crippen LogP contribution in [-0.4, -0.2) is 25.2 Å². The highest BCUT2D eigenvalue weighted by atomic mass is 16.6. The zero-order valence-corrected chi connectivity index (χ0v) is 9.61. The summed E-state index contributed by atoms with van der Waals surface area (Å²) >= 11 is 0. The Kier molecular flexibility index (Phi) is 3.17. The van der Waals surface area contributed by atoms with Crippen LogP contribution in [0.2, 0.25) is 0 Å². The van der Waals surface area contributed by atoms with E-state index in [1.165, 1.54) is 19.3 Å². The minimum absolute atomic E-state index is 0.0407. The normalized spacial score (nSPS) is 36.1. The second-order valence-corrected chi connectivity index (χ2v) is 4.95. The van der Waals surface area contributed by atoms with Crippen molar-refractivity contribution in [1.82, 2.24) is 0 Å². The number of ether oxygens (including phenoxy) is 2. The molecule has 0 aromatic rings. The van der Waals surface area contributed by atoms with Crippen LogP contribution < -0.4 is 0 Å². The zero-order valence-electron chi connectivity index (χ0n) is 9.61. The third kappa shape index (κ3) is 1.93. The van der Waals surface area contributed by atoms with Gasteiger partial charge in [-0.15, -0.1) is 0 Å². The smallest absolute Gasteiger partial charge is 0.344 e. The standard InChI is InChI=1S/C12H18O4/c1-2-12-4-3-9(6-12)5-10(12)16-11(14)7-15-8-13/h8-10H,2-7H2,1H3. The van der Waals surface area contributed by atoms with E-state index in [0.717, 1.165) is 18.8 Å². The maximum atomic E-state index is 11.4. The van der Waals surface area contributed by atoms with E-state index >= 15 is 0 Å². The summed E-state index contributed by atoms with van der Waals surface area (Å²) in [5.74, 6) is 0.308. The number of fused-ring (bicyclic) bond motifs is 2. The van der Waals surface area contributed by atoms with Crippen LogP contribution in [0, 0.1) is 11.3 Å². The molecule has 0 N–H and O–H groups in total. The summed E-state index contributed by atoms with van der Waals surface area (Å²) in [6, 6.07) is 0. The Balaban J connectivity index is 1.90. The monoisotopic (exact) mass is 226 g/mol. The average Bonchev–Trinajstić information content (AvgIpc) is 2.84. The number of hydrogen-bond acceptors (Lipinski definition) is 4. The number of hydrogen-bond donors (Lipinski definition) is 0. The lowest BCUT2D eigenvalue weighted by molar-refractivity contribution is -0.163. The maximum Gasteiger partial charge on any atom is 0.344 e. The molecule has 2 fully saturated rings. The van der Waals surface area contributed by atoms with E-state index < -0.39 is 5.97 Å². The lowest BCUT2D eigenvalue weighted by Gasteiger charge is -2.33. The van der Waals surface area contributed by atoms with Gasteiger partial charge in [0.25, 0.3) is 6.47 Å². The summed E-state index contributed by atoms with van der Waals surface area (Å²) in [4.78, 5) is 21.3. The molecular weight excluding hydrogens is 208 g/mol. The predicted molar refractivity (Wildman–Crippen MR) is 56.6 cm³/mol. The molecule has 3 atom stereocenters. The highest BCUT2D eigenvalue weighted by molar-refractivity contribution is 5.72. The van der Waals surface area contributed by atoms with Crippen LogP contribution in [0.15, 0.2) is 0 Å². The fourth-order valence-corrected chi connectivity index (χ4v) is 3.33. The van der Waals surface area contributed by atoms with Gasteiger partial charge in [-0.1, -0.05) is 6.92 Å². The van der Waals surface area contributed by atoms with Gasteiger partial charge in [0.15, 0.2) is 6.61 Å². The van der Waals surface area contributed by atoms with E-state index in [4.69, 9.17) is 4.74 Å². The van der Waals surface area contributed by atoms with Crippen LogP contribution in [0.1, 0.15) is 39.0 Å². The molecule has 0 spiro atoms. The fraction of sp³-hybridized carbons (Fsp3) is 0.833. The van der Waals surface area contributed by atoms with Crippen molar-refractivity contribution in [1.29, 1.82) is 0 Å². The molecular formula is C12H18O4. The van der Waals surface area contributed by atoms with E-state index in [0.29, 0.717) is 0 Å². The second-order valence-electron chi connectivity index (χ2n) is 4.95. The van der Waals surface area contributed by atoms with E-state index in [9.17, 15) is 9.59 Å². The van der Waals surface area contributed by atoms with Crippen LogP contribution in [0.5, 0.6) is 0 Å². The Hall–Kier alpha value is -1.06. The quantitative estimate of drug-likeness (QED) is 0.528. The first-order valence-corrected chi connectivity index (χ1v) is 5.95. The molecule has 4 nitrogen and oxygen atoms in total. The summed E-state index contributed by atoms with van der Waals surface area (Å²) in [5, 5.41) is 0. The van der Waals surface area contributed by atoms with Crippen molar-refractivity contribution >= 4 is 12.4 Å². The molecule has 0 heterocycles. The van der Waals surface area contributed by atoms with Crippen LogP contribution in [0.25, 0.3) is 0 Å². The highest BCUT2D eigenvalue weighted by Crippen LogP contribution is 2.57. The lowest BCUT2D eigenvalue weighted by Crippen LogP contribution is -2.35. The number of rotatable bonds is 5. The van der Waals surface area contributed by atoms with Crippen LogP contribution in [0.4, 0.5) is 0 Å². The molecule has 16 heavy (non-hydrogen) atoms. The first-order valence-electron chi connectivity index (χ1n) is 5.95. The average molecular weight is 226 g/mol. The molecule has 4 heteroatoms. The minimum atomic E-state index is -0.419. The molecule has 0 saturated heterocycles. The summed E-state index contributed by atoms with van der Waals surface area (Å²) in [6.07, 6.45) is 5.72. The molecule has 0 aliphatic heterocycles. The molecule has 0 aromatic heterocycles. The Morgan fingerprint density at radius 3 is 3.00 bits per heavy atom. The molecule has 2 saturated carbocycles. The first kappa shape index (κ1) is 11.4. The fourth-order valence-electron chi connectivity index (χ4n) is 3.33. The summed E-state index contributed by atoms with van der Waals surface area (Å²) in [5.41, 5.74) is 0.210. The number of carbonyl (C=O) groups is 2. The van der Waals surface area contributed by atoms with Gasteiger partial charge >= 0.3 is 5.97 Å². The summed E-state index contributed by atoms with van der Waals surface area (Å²) in [7, 11) is 0. The van der Waals surface area contributed by atoms with E-state index in [1.54, 1.807) is 0 Å².